The molecule has 0 aromatic heterocycles. The fourth-order valence-corrected chi connectivity index (χ4v) is 2.20. The second-order valence-electron chi connectivity index (χ2n) is 4.78. The Bertz CT molecular complexity index is 361. The molecule has 1 aliphatic heterocycles. The third kappa shape index (κ3) is 4.31. The van der Waals surface area contributed by atoms with Gasteiger partial charge in [-0.15, -0.1) is 12.4 Å². The summed E-state index contributed by atoms with van der Waals surface area (Å²) in [5, 5.41) is 3.03. The Morgan fingerprint density at radius 1 is 1.28 bits per heavy atom. The fourth-order valence-electron chi connectivity index (χ4n) is 2.20. The Morgan fingerprint density at radius 2 is 1.89 bits per heavy atom. The van der Waals surface area contributed by atoms with Crippen LogP contribution in [0.4, 0.5) is 0 Å². The minimum atomic E-state index is 0. The highest BCUT2D eigenvalue weighted by Gasteiger charge is 2.22. The highest BCUT2D eigenvalue weighted by Crippen LogP contribution is 2.16. The van der Waals surface area contributed by atoms with Crippen molar-refractivity contribution in [3.63, 3.8) is 0 Å². The first-order valence-corrected chi connectivity index (χ1v) is 6.26. The minimum Gasteiger partial charge on any atom is -0.352 e. The molecule has 0 saturated carbocycles. The van der Waals surface area contributed by atoms with Gasteiger partial charge < -0.3 is 10.2 Å². The van der Waals surface area contributed by atoms with Gasteiger partial charge >= 0.3 is 0 Å². The van der Waals surface area contributed by atoms with Crippen molar-refractivity contribution in [3.05, 3.63) is 35.9 Å². The number of carbonyl (C=O) groups is 1. The van der Waals surface area contributed by atoms with Gasteiger partial charge in [0.05, 0.1) is 0 Å². The number of nitrogens with one attached hydrogen (secondary N) is 1. The highest BCUT2D eigenvalue weighted by atomic mass is 35.5. The zero-order chi connectivity index (χ0) is 12.1. The first kappa shape index (κ1) is 15.0. The third-order valence-electron chi connectivity index (χ3n) is 3.40. The van der Waals surface area contributed by atoms with E-state index in [0.29, 0.717) is 6.54 Å². The molecule has 18 heavy (non-hydrogen) atoms. The van der Waals surface area contributed by atoms with Gasteiger partial charge in [0.25, 0.3) is 0 Å². The molecule has 1 aromatic rings. The summed E-state index contributed by atoms with van der Waals surface area (Å²) in [5.41, 5.74) is 1.16. The molecule has 2 rings (SSSR count). The van der Waals surface area contributed by atoms with E-state index in [1.54, 1.807) is 0 Å². The highest BCUT2D eigenvalue weighted by molar-refractivity contribution is 5.85. The van der Waals surface area contributed by atoms with Gasteiger partial charge in [-0.1, -0.05) is 30.3 Å². The average molecular weight is 269 g/mol. The zero-order valence-corrected chi connectivity index (χ0v) is 11.6. The van der Waals surface area contributed by atoms with Crippen molar-refractivity contribution in [2.75, 3.05) is 20.1 Å². The van der Waals surface area contributed by atoms with Gasteiger partial charge in [0, 0.05) is 12.5 Å². The topological polar surface area (TPSA) is 32.3 Å². The van der Waals surface area contributed by atoms with Crippen LogP contribution in [0, 0.1) is 5.92 Å². The molecule has 1 saturated heterocycles. The summed E-state index contributed by atoms with van der Waals surface area (Å²) in [5.74, 6) is 0.414. The molecule has 3 nitrogen and oxygen atoms in total. The van der Waals surface area contributed by atoms with Crippen molar-refractivity contribution in [2.24, 2.45) is 5.92 Å². The van der Waals surface area contributed by atoms with Crippen molar-refractivity contribution in [1.82, 2.24) is 10.2 Å². The Balaban J connectivity index is 0.00000162. The molecular weight excluding hydrogens is 248 g/mol. The van der Waals surface area contributed by atoms with Crippen molar-refractivity contribution in [3.8, 4) is 0 Å². The number of benzene rings is 1. The zero-order valence-electron chi connectivity index (χ0n) is 10.8. The predicted octanol–water partition coefficient (Wildman–Crippen LogP) is 2.07. The van der Waals surface area contributed by atoms with Gasteiger partial charge in [-0.05, 0) is 38.5 Å². The molecule has 1 aromatic carbocycles. The number of hydrogen-bond donors (Lipinski definition) is 1. The lowest BCUT2D eigenvalue weighted by Gasteiger charge is -2.28. The number of amides is 1. The summed E-state index contributed by atoms with van der Waals surface area (Å²) in [7, 11) is 2.11. The normalized spacial score (nSPS) is 16.9. The van der Waals surface area contributed by atoms with Crippen LogP contribution in [0.25, 0.3) is 0 Å². The van der Waals surface area contributed by atoms with E-state index in [0.717, 1.165) is 31.5 Å². The molecule has 4 heteroatoms. The van der Waals surface area contributed by atoms with Crippen molar-refractivity contribution >= 4 is 18.3 Å². The Kier molecular flexibility index (Phi) is 6.16. The molecule has 1 N–H and O–H groups in total. The molecule has 0 radical (unpaired) electrons. The van der Waals surface area contributed by atoms with Crippen LogP contribution in [-0.2, 0) is 11.3 Å². The van der Waals surface area contributed by atoms with E-state index in [1.807, 2.05) is 30.3 Å². The molecule has 0 atom stereocenters. The van der Waals surface area contributed by atoms with Gasteiger partial charge in [0.2, 0.25) is 5.91 Å². The van der Waals surface area contributed by atoms with Crippen LogP contribution in [0.15, 0.2) is 30.3 Å². The SMILES string of the molecule is CN1CCC(C(=O)NCc2ccccc2)CC1.Cl. The van der Waals surface area contributed by atoms with E-state index in [9.17, 15) is 4.79 Å². The maximum Gasteiger partial charge on any atom is 0.223 e. The summed E-state index contributed by atoms with van der Waals surface area (Å²) in [6.07, 6.45) is 1.97. The predicted molar refractivity (Wildman–Crippen MR) is 75.8 cm³/mol. The number of rotatable bonds is 3. The van der Waals surface area contributed by atoms with Crippen molar-refractivity contribution < 1.29 is 4.79 Å². The second kappa shape index (κ2) is 7.39. The van der Waals surface area contributed by atoms with Crippen LogP contribution >= 0.6 is 12.4 Å². The molecule has 1 amide bonds. The molecule has 0 bridgehead atoms. The molecule has 1 fully saturated rings. The quantitative estimate of drug-likeness (QED) is 0.910. The third-order valence-corrected chi connectivity index (χ3v) is 3.40. The molecule has 0 spiro atoms. The number of hydrogen-bond acceptors (Lipinski definition) is 2. The molecule has 0 aliphatic carbocycles. The monoisotopic (exact) mass is 268 g/mol. The summed E-state index contributed by atoms with van der Waals surface area (Å²) in [6.45, 7) is 2.71. The fraction of sp³-hybridized carbons (Fsp3) is 0.500. The number of nitrogens with zero attached hydrogens (tertiary/aromatic N) is 1. The first-order chi connectivity index (χ1) is 8.25. The molecule has 1 aliphatic rings. The summed E-state index contributed by atoms with van der Waals surface area (Å²) in [4.78, 5) is 14.2. The lowest BCUT2D eigenvalue weighted by Crippen LogP contribution is -2.38. The number of carbonyl (C=O) groups excluding carboxylic acids is 1. The lowest BCUT2D eigenvalue weighted by molar-refractivity contribution is -0.126. The number of piperidine rings is 1. The Morgan fingerprint density at radius 3 is 2.50 bits per heavy atom. The largest absolute Gasteiger partial charge is 0.352 e. The lowest BCUT2D eigenvalue weighted by atomic mass is 9.96. The summed E-state index contributed by atoms with van der Waals surface area (Å²) in [6, 6.07) is 10.1. The van der Waals surface area contributed by atoms with E-state index in [-0.39, 0.29) is 24.2 Å². The molecule has 1 heterocycles. The number of halogens is 1. The van der Waals surface area contributed by atoms with Crippen LogP contribution in [0.5, 0.6) is 0 Å². The molecular formula is C14H21ClN2O. The maximum atomic E-state index is 11.9. The standard InChI is InChI=1S/C14H20N2O.ClH/c1-16-9-7-13(8-10-16)14(17)15-11-12-5-3-2-4-6-12;/h2-6,13H,7-11H2,1H3,(H,15,17);1H. The maximum absolute atomic E-state index is 11.9. The molecule has 0 unspecified atom stereocenters. The Hall–Kier alpha value is -1.06. The van der Waals surface area contributed by atoms with Gasteiger partial charge in [-0.25, -0.2) is 0 Å². The van der Waals surface area contributed by atoms with E-state index in [1.165, 1.54) is 0 Å². The van der Waals surface area contributed by atoms with E-state index in [4.69, 9.17) is 0 Å². The van der Waals surface area contributed by atoms with Gasteiger partial charge in [-0.2, -0.15) is 0 Å². The first-order valence-electron chi connectivity index (χ1n) is 6.26. The smallest absolute Gasteiger partial charge is 0.223 e. The van der Waals surface area contributed by atoms with E-state index >= 15 is 0 Å². The van der Waals surface area contributed by atoms with Crippen LogP contribution in [0.3, 0.4) is 0 Å². The van der Waals surface area contributed by atoms with E-state index in [2.05, 4.69) is 17.3 Å². The van der Waals surface area contributed by atoms with Gasteiger partial charge in [-0.3, -0.25) is 4.79 Å². The van der Waals surface area contributed by atoms with E-state index < -0.39 is 0 Å². The van der Waals surface area contributed by atoms with Crippen LogP contribution in [0.1, 0.15) is 18.4 Å². The molecule has 100 valence electrons. The second-order valence-corrected chi connectivity index (χ2v) is 4.78. The minimum absolute atomic E-state index is 0. The summed E-state index contributed by atoms with van der Waals surface area (Å²) < 4.78 is 0. The number of likely N-dealkylation sites (tertiary alicyclic amines) is 1. The van der Waals surface area contributed by atoms with Crippen LogP contribution in [-0.4, -0.2) is 30.9 Å². The van der Waals surface area contributed by atoms with Crippen LogP contribution in [0.2, 0.25) is 0 Å². The van der Waals surface area contributed by atoms with Gasteiger partial charge in [0.1, 0.15) is 0 Å². The average Bonchev–Trinajstić information content (AvgIpc) is 2.38. The van der Waals surface area contributed by atoms with Gasteiger partial charge in [0.15, 0.2) is 0 Å². The van der Waals surface area contributed by atoms with Crippen molar-refractivity contribution in [1.29, 1.82) is 0 Å². The Labute approximate surface area is 115 Å². The summed E-state index contributed by atoms with van der Waals surface area (Å²) >= 11 is 0. The van der Waals surface area contributed by atoms with Crippen LogP contribution < -0.4 is 5.32 Å². The van der Waals surface area contributed by atoms with Crippen molar-refractivity contribution in [2.45, 2.75) is 19.4 Å².